The van der Waals surface area contributed by atoms with Crippen molar-refractivity contribution in [3.63, 3.8) is 0 Å². The van der Waals surface area contributed by atoms with E-state index >= 15 is 0 Å². The topological polar surface area (TPSA) is 32.3 Å². The fourth-order valence-electron chi connectivity index (χ4n) is 3.43. The molecule has 1 saturated carbocycles. The van der Waals surface area contributed by atoms with Gasteiger partial charge in [0.25, 0.3) is 0 Å². The second-order valence-corrected chi connectivity index (χ2v) is 6.30. The third-order valence-corrected chi connectivity index (χ3v) is 4.41. The zero-order valence-electron chi connectivity index (χ0n) is 12.0. The Bertz CT molecular complexity index is 341. The molecule has 1 heterocycles. The standard InChI is InChI=1S/C14H23F3N2O/c1-9-7-19(8-10(2)18-9)13(20)11-3-5-12(6-4-11)14(15,16)17/h9-12,18H,3-8H2,1-2H3. The highest BCUT2D eigenvalue weighted by atomic mass is 19.4. The van der Waals surface area contributed by atoms with Crippen LogP contribution in [0.25, 0.3) is 0 Å². The predicted molar refractivity (Wildman–Crippen MR) is 70.1 cm³/mol. The molecule has 0 aromatic carbocycles. The van der Waals surface area contributed by atoms with Gasteiger partial charge in [-0.15, -0.1) is 0 Å². The van der Waals surface area contributed by atoms with E-state index in [1.807, 2.05) is 18.7 Å². The minimum absolute atomic E-state index is 0.0471. The third kappa shape index (κ3) is 3.65. The molecular formula is C14H23F3N2O. The van der Waals surface area contributed by atoms with Crippen LogP contribution in [-0.4, -0.2) is 42.2 Å². The quantitative estimate of drug-likeness (QED) is 0.805. The normalized spacial score (nSPS) is 36.0. The van der Waals surface area contributed by atoms with Crippen molar-refractivity contribution in [2.75, 3.05) is 13.1 Å². The molecule has 0 aromatic heterocycles. The van der Waals surface area contributed by atoms with Gasteiger partial charge >= 0.3 is 6.18 Å². The summed E-state index contributed by atoms with van der Waals surface area (Å²) in [6.07, 6.45) is -3.17. The molecule has 0 radical (unpaired) electrons. The Morgan fingerprint density at radius 1 is 1.05 bits per heavy atom. The number of carbonyl (C=O) groups is 1. The Morgan fingerprint density at radius 3 is 2.00 bits per heavy atom. The molecule has 6 heteroatoms. The van der Waals surface area contributed by atoms with Gasteiger partial charge < -0.3 is 10.2 Å². The second kappa shape index (κ2) is 5.92. The van der Waals surface area contributed by atoms with Gasteiger partial charge in [0.15, 0.2) is 0 Å². The number of hydrogen-bond acceptors (Lipinski definition) is 2. The molecule has 2 unspecified atom stereocenters. The van der Waals surface area contributed by atoms with Crippen LogP contribution in [0.2, 0.25) is 0 Å². The van der Waals surface area contributed by atoms with Gasteiger partial charge in [0.2, 0.25) is 5.91 Å². The SMILES string of the molecule is CC1CN(C(=O)C2CCC(C(F)(F)F)CC2)CC(C)N1. The van der Waals surface area contributed by atoms with Gasteiger partial charge in [0.1, 0.15) is 0 Å². The molecule has 2 rings (SSSR count). The van der Waals surface area contributed by atoms with E-state index in [9.17, 15) is 18.0 Å². The van der Waals surface area contributed by atoms with Crippen molar-refractivity contribution in [2.45, 2.75) is 57.8 Å². The summed E-state index contributed by atoms with van der Waals surface area (Å²) in [4.78, 5) is 14.2. The van der Waals surface area contributed by atoms with Crippen LogP contribution in [0.15, 0.2) is 0 Å². The van der Waals surface area contributed by atoms with E-state index in [1.165, 1.54) is 0 Å². The van der Waals surface area contributed by atoms with Gasteiger partial charge in [-0.1, -0.05) is 0 Å². The maximum atomic E-state index is 12.6. The van der Waals surface area contributed by atoms with Crippen LogP contribution in [0, 0.1) is 11.8 Å². The lowest BCUT2D eigenvalue weighted by Gasteiger charge is -2.39. The minimum Gasteiger partial charge on any atom is -0.339 e. The molecule has 2 aliphatic rings. The molecule has 0 aromatic rings. The Balaban J connectivity index is 1.88. The lowest BCUT2D eigenvalue weighted by Crippen LogP contribution is -2.57. The van der Waals surface area contributed by atoms with Gasteiger partial charge in [-0.3, -0.25) is 4.79 Å². The molecule has 1 aliphatic carbocycles. The van der Waals surface area contributed by atoms with Gasteiger partial charge in [-0.2, -0.15) is 13.2 Å². The largest absolute Gasteiger partial charge is 0.391 e. The number of halogens is 3. The Hall–Kier alpha value is -0.780. The molecule has 2 atom stereocenters. The lowest BCUT2D eigenvalue weighted by atomic mass is 9.81. The molecule has 0 spiro atoms. The minimum atomic E-state index is -4.11. The van der Waals surface area contributed by atoms with Crippen molar-refractivity contribution in [2.24, 2.45) is 11.8 Å². The summed E-state index contributed by atoms with van der Waals surface area (Å²) in [6, 6.07) is 0.489. The van der Waals surface area contributed by atoms with Crippen molar-refractivity contribution in [1.29, 1.82) is 0 Å². The number of nitrogens with zero attached hydrogens (tertiary/aromatic N) is 1. The highest BCUT2D eigenvalue weighted by molar-refractivity contribution is 5.79. The monoisotopic (exact) mass is 292 g/mol. The maximum Gasteiger partial charge on any atom is 0.391 e. The average molecular weight is 292 g/mol. The summed E-state index contributed by atoms with van der Waals surface area (Å²) in [5, 5.41) is 3.35. The molecule has 1 amide bonds. The Labute approximate surface area is 117 Å². The van der Waals surface area contributed by atoms with Gasteiger partial charge in [0, 0.05) is 31.1 Å². The van der Waals surface area contributed by atoms with Crippen molar-refractivity contribution >= 4 is 5.91 Å². The Morgan fingerprint density at radius 2 is 1.55 bits per heavy atom. The van der Waals surface area contributed by atoms with Crippen LogP contribution >= 0.6 is 0 Å². The predicted octanol–water partition coefficient (Wildman–Crippen LogP) is 2.56. The first-order chi connectivity index (χ1) is 9.27. The summed E-state index contributed by atoms with van der Waals surface area (Å²) in [7, 11) is 0. The van der Waals surface area contributed by atoms with Crippen LogP contribution in [0.4, 0.5) is 13.2 Å². The number of rotatable bonds is 1. The number of carbonyl (C=O) groups excluding carboxylic acids is 1. The number of amides is 1. The summed E-state index contributed by atoms with van der Waals surface area (Å²) < 4.78 is 37.9. The van der Waals surface area contributed by atoms with E-state index in [1.54, 1.807) is 0 Å². The summed E-state index contributed by atoms with van der Waals surface area (Å²) in [5.41, 5.74) is 0. The first-order valence-corrected chi connectivity index (χ1v) is 7.39. The van der Waals surface area contributed by atoms with Crippen molar-refractivity contribution in [1.82, 2.24) is 10.2 Å². The maximum absolute atomic E-state index is 12.6. The number of piperazine rings is 1. The molecule has 2 fully saturated rings. The summed E-state index contributed by atoms with van der Waals surface area (Å²) >= 11 is 0. The van der Waals surface area contributed by atoms with Crippen molar-refractivity contribution < 1.29 is 18.0 Å². The van der Waals surface area contributed by atoms with Crippen molar-refractivity contribution in [3.8, 4) is 0 Å². The first-order valence-electron chi connectivity index (χ1n) is 7.39. The molecule has 1 saturated heterocycles. The molecule has 20 heavy (non-hydrogen) atoms. The third-order valence-electron chi connectivity index (χ3n) is 4.41. The highest BCUT2D eigenvalue weighted by Crippen LogP contribution is 2.40. The smallest absolute Gasteiger partial charge is 0.339 e. The number of hydrogen-bond donors (Lipinski definition) is 1. The van der Waals surface area contributed by atoms with E-state index in [0.29, 0.717) is 25.9 Å². The fraction of sp³-hybridized carbons (Fsp3) is 0.929. The van der Waals surface area contributed by atoms with Crippen LogP contribution in [0.3, 0.4) is 0 Å². The molecule has 1 aliphatic heterocycles. The van der Waals surface area contributed by atoms with Crippen LogP contribution in [0.1, 0.15) is 39.5 Å². The zero-order chi connectivity index (χ0) is 14.9. The van der Waals surface area contributed by atoms with Gasteiger partial charge in [-0.05, 0) is 39.5 Å². The van der Waals surface area contributed by atoms with E-state index in [0.717, 1.165) is 0 Å². The highest BCUT2D eigenvalue weighted by Gasteiger charge is 2.43. The molecular weight excluding hydrogens is 269 g/mol. The molecule has 3 nitrogen and oxygen atoms in total. The molecule has 116 valence electrons. The summed E-state index contributed by atoms with van der Waals surface area (Å²) in [5.74, 6) is -1.38. The van der Waals surface area contributed by atoms with Crippen LogP contribution in [-0.2, 0) is 4.79 Å². The lowest BCUT2D eigenvalue weighted by molar-refractivity contribution is -0.185. The fourth-order valence-corrected chi connectivity index (χ4v) is 3.43. The van der Waals surface area contributed by atoms with Crippen molar-refractivity contribution in [3.05, 3.63) is 0 Å². The van der Waals surface area contributed by atoms with E-state index in [4.69, 9.17) is 0 Å². The average Bonchev–Trinajstić information content (AvgIpc) is 2.36. The van der Waals surface area contributed by atoms with Crippen LogP contribution < -0.4 is 5.32 Å². The molecule has 1 N–H and O–H groups in total. The first kappa shape index (κ1) is 15.6. The zero-order valence-corrected chi connectivity index (χ0v) is 12.0. The molecule has 0 bridgehead atoms. The summed E-state index contributed by atoms with van der Waals surface area (Å²) in [6.45, 7) is 5.36. The van der Waals surface area contributed by atoms with E-state index in [-0.39, 0.29) is 36.8 Å². The van der Waals surface area contributed by atoms with E-state index < -0.39 is 12.1 Å². The van der Waals surface area contributed by atoms with Crippen LogP contribution in [0.5, 0.6) is 0 Å². The van der Waals surface area contributed by atoms with Gasteiger partial charge in [0.05, 0.1) is 5.92 Å². The Kier molecular flexibility index (Phi) is 4.62. The van der Waals surface area contributed by atoms with Gasteiger partial charge in [-0.25, -0.2) is 0 Å². The second-order valence-electron chi connectivity index (χ2n) is 6.30. The number of alkyl halides is 3. The van der Waals surface area contributed by atoms with E-state index in [2.05, 4.69) is 5.32 Å². The number of nitrogens with one attached hydrogen (secondary N) is 1.